The summed E-state index contributed by atoms with van der Waals surface area (Å²) in [6.45, 7) is 0. The van der Waals surface area contributed by atoms with Crippen molar-refractivity contribution < 1.29 is 13.9 Å². The zero-order chi connectivity index (χ0) is 16.0. The van der Waals surface area contributed by atoms with Gasteiger partial charge in [-0.3, -0.25) is 14.9 Å². The monoisotopic (exact) mass is 333 g/mol. The lowest BCUT2D eigenvalue weighted by Crippen LogP contribution is -2.50. The molecule has 0 N–H and O–H groups in total. The van der Waals surface area contributed by atoms with Gasteiger partial charge in [0.2, 0.25) is 0 Å². The summed E-state index contributed by atoms with van der Waals surface area (Å²) in [6, 6.07) is 6.38. The molecule has 1 aromatic carbocycles. The number of carbonyl (C=O) groups excluding carboxylic acids is 1. The van der Waals surface area contributed by atoms with Crippen LogP contribution in [0.2, 0.25) is 0 Å². The van der Waals surface area contributed by atoms with Crippen LogP contribution in [0.4, 0.5) is 5.69 Å². The lowest BCUT2D eigenvalue weighted by molar-refractivity contribution is -0.387. The van der Waals surface area contributed by atoms with E-state index in [0.29, 0.717) is 22.6 Å². The first-order valence-electron chi connectivity index (χ1n) is 8.18. The fourth-order valence-electron chi connectivity index (χ4n) is 5.21. The molecule has 0 saturated heterocycles. The molecule has 0 radical (unpaired) electrons. The van der Waals surface area contributed by atoms with Crippen molar-refractivity contribution >= 4 is 23.7 Å². The molecular weight excluding hydrogens is 314 g/mol. The fraction of sp³-hybridized carbons (Fsp3) is 0.588. The maximum atomic E-state index is 12.7. The van der Waals surface area contributed by atoms with Gasteiger partial charge in [0.25, 0.3) is 5.69 Å². The number of carbonyl (C=O) groups is 1. The molecule has 4 saturated carbocycles. The lowest BCUT2D eigenvalue weighted by Gasteiger charge is -2.54. The summed E-state index contributed by atoms with van der Waals surface area (Å²) >= 11 is 0.841. The summed E-state index contributed by atoms with van der Waals surface area (Å²) in [6.07, 6.45) is 6.62. The Morgan fingerprint density at radius 1 is 1.13 bits per heavy atom. The first kappa shape index (κ1) is 15.0. The van der Waals surface area contributed by atoms with Crippen LogP contribution in [0.1, 0.15) is 38.5 Å². The number of rotatable bonds is 4. The summed E-state index contributed by atoms with van der Waals surface area (Å²) < 4.78 is 5.48. The Labute approximate surface area is 139 Å². The highest BCUT2D eigenvalue weighted by Gasteiger charge is 2.55. The predicted octanol–water partition coefficient (Wildman–Crippen LogP) is 4.36. The van der Waals surface area contributed by atoms with Crippen LogP contribution in [0.5, 0.6) is 0 Å². The highest BCUT2D eigenvalue weighted by molar-refractivity contribution is 7.95. The normalized spacial score (nSPS) is 34.3. The quantitative estimate of drug-likeness (QED) is 0.465. The molecule has 0 heterocycles. The first-order chi connectivity index (χ1) is 11.1. The minimum Gasteiger partial charge on any atom is -0.385 e. The van der Waals surface area contributed by atoms with Crippen molar-refractivity contribution in [3.8, 4) is 0 Å². The molecule has 0 aromatic heterocycles. The molecule has 0 amide bonds. The molecular formula is C17H19NO4S. The molecule has 122 valence electrons. The minimum atomic E-state index is -0.444. The Morgan fingerprint density at radius 2 is 1.70 bits per heavy atom. The van der Waals surface area contributed by atoms with Crippen LogP contribution in [0.3, 0.4) is 0 Å². The summed E-state index contributed by atoms with van der Waals surface area (Å²) in [4.78, 5) is 23.7. The van der Waals surface area contributed by atoms with Gasteiger partial charge >= 0.3 is 5.97 Å². The molecule has 0 unspecified atom stereocenters. The molecule has 1 aromatic rings. The minimum absolute atomic E-state index is 0.0178. The third-order valence-electron chi connectivity index (χ3n) is 5.74. The molecule has 0 spiro atoms. The van der Waals surface area contributed by atoms with E-state index in [-0.39, 0.29) is 17.1 Å². The van der Waals surface area contributed by atoms with Gasteiger partial charge in [-0.25, -0.2) is 0 Å². The Bertz CT molecular complexity index is 624. The second kappa shape index (κ2) is 5.51. The van der Waals surface area contributed by atoms with Gasteiger partial charge < -0.3 is 4.18 Å². The van der Waals surface area contributed by atoms with Crippen molar-refractivity contribution in [3.63, 3.8) is 0 Å². The van der Waals surface area contributed by atoms with Crippen LogP contribution in [0.15, 0.2) is 29.2 Å². The van der Waals surface area contributed by atoms with Crippen molar-refractivity contribution in [2.75, 3.05) is 0 Å². The number of hydrogen-bond donors (Lipinski definition) is 0. The van der Waals surface area contributed by atoms with Gasteiger partial charge in [-0.2, -0.15) is 0 Å². The lowest BCUT2D eigenvalue weighted by atomic mass is 9.49. The molecule has 4 bridgehead atoms. The van der Waals surface area contributed by atoms with Gasteiger partial charge in [0.05, 0.1) is 10.3 Å². The first-order valence-corrected chi connectivity index (χ1v) is 8.92. The third kappa shape index (κ3) is 2.63. The van der Waals surface area contributed by atoms with E-state index in [0.717, 1.165) is 31.3 Å². The van der Waals surface area contributed by atoms with Gasteiger partial charge in [-0.1, -0.05) is 12.1 Å². The standard InChI is InChI=1S/C17H19NO4S/c19-16(22-23-15-4-2-1-3-14(15)18(20)21)17-8-11-5-12(9-17)7-13(6-11)10-17/h1-4,11-13H,5-10H2. The second-order valence-electron chi connectivity index (χ2n) is 7.38. The van der Waals surface area contributed by atoms with Crippen LogP contribution in [0, 0.1) is 33.3 Å². The number of hydrogen-bond acceptors (Lipinski definition) is 5. The molecule has 0 atom stereocenters. The van der Waals surface area contributed by atoms with E-state index in [1.54, 1.807) is 18.2 Å². The maximum Gasteiger partial charge on any atom is 0.324 e. The van der Waals surface area contributed by atoms with Gasteiger partial charge in [0.1, 0.15) is 16.9 Å². The number of nitrogens with zero attached hydrogens (tertiary/aromatic N) is 1. The Hall–Kier alpha value is -1.56. The summed E-state index contributed by atoms with van der Waals surface area (Å²) in [7, 11) is 0. The topological polar surface area (TPSA) is 69.4 Å². The van der Waals surface area contributed by atoms with Crippen LogP contribution in [-0.4, -0.2) is 10.9 Å². The average molecular weight is 333 g/mol. The molecule has 4 fully saturated rings. The van der Waals surface area contributed by atoms with Crippen molar-refractivity contribution in [2.24, 2.45) is 23.2 Å². The van der Waals surface area contributed by atoms with Crippen LogP contribution < -0.4 is 0 Å². The summed E-state index contributed by atoms with van der Waals surface area (Å²) in [5.74, 6) is 1.85. The van der Waals surface area contributed by atoms with E-state index >= 15 is 0 Å². The second-order valence-corrected chi connectivity index (χ2v) is 8.15. The zero-order valence-corrected chi connectivity index (χ0v) is 13.6. The number of para-hydroxylation sites is 1. The Balaban J connectivity index is 1.48. The van der Waals surface area contributed by atoms with Gasteiger partial charge in [0, 0.05) is 6.07 Å². The Kier molecular flexibility index (Phi) is 3.59. The summed E-state index contributed by atoms with van der Waals surface area (Å²) in [5.41, 5.74) is -0.346. The van der Waals surface area contributed by atoms with E-state index in [2.05, 4.69) is 0 Å². The molecule has 0 aliphatic heterocycles. The van der Waals surface area contributed by atoms with E-state index in [9.17, 15) is 14.9 Å². The third-order valence-corrected chi connectivity index (χ3v) is 6.50. The molecule has 6 heteroatoms. The van der Waals surface area contributed by atoms with E-state index in [1.807, 2.05) is 0 Å². The summed E-state index contributed by atoms with van der Waals surface area (Å²) in [5, 5.41) is 11.0. The zero-order valence-electron chi connectivity index (χ0n) is 12.8. The van der Waals surface area contributed by atoms with Crippen LogP contribution in [0.25, 0.3) is 0 Å². The van der Waals surface area contributed by atoms with Crippen molar-refractivity contribution in [2.45, 2.75) is 43.4 Å². The molecule has 5 rings (SSSR count). The Morgan fingerprint density at radius 3 is 2.26 bits per heavy atom. The van der Waals surface area contributed by atoms with Gasteiger partial charge in [-0.15, -0.1) is 0 Å². The van der Waals surface area contributed by atoms with E-state index in [4.69, 9.17) is 4.18 Å². The van der Waals surface area contributed by atoms with Crippen molar-refractivity contribution in [3.05, 3.63) is 34.4 Å². The molecule has 4 aliphatic rings. The highest BCUT2D eigenvalue weighted by atomic mass is 32.2. The number of nitro groups is 1. The van der Waals surface area contributed by atoms with Crippen molar-refractivity contribution in [1.29, 1.82) is 0 Å². The SMILES string of the molecule is O=C(OSc1ccccc1[N+](=O)[O-])C12CC3CC(CC(C3)C1)C2. The van der Waals surface area contributed by atoms with Crippen molar-refractivity contribution in [1.82, 2.24) is 0 Å². The smallest absolute Gasteiger partial charge is 0.324 e. The van der Waals surface area contributed by atoms with Crippen LogP contribution >= 0.6 is 12.0 Å². The fourth-order valence-corrected chi connectivity index (χ4v) is 5.91. The molecule has 4 aliphatic carbocycles. The van der Waals surface area contributed by atoms with Crippen LogP contribution in [-0.2, 0) is 8.98 Å². The molecule has 23 heavy (non-hydrogen) atoms. The van der Waals surface area contributed by atoms with E-state index in [1.165, 1.54) is 25.3 Å². The highest BCUT2D eigenvalue weighted by Crippen LogP contribution is 2.60. The predicted molar refractivity (Wildman–Crippen MR) is 85.7 cm³/mol. The number of benzene rings is 1. The van der Waals surface area contributed by atoms with Gasteiger partial charge in [-0.05, 0) is 62.3 Å². The van der Waals surface area contributed by atoms with E-state index < -0.39 is 4.92 Å². The number of nitro benzene ring substituents is 1. The maximum absolute atomic E-state index is 12.7. The largest absolute Gasteiger partial charge is 0.385 e. The molecule has 5 nitrogen and oxygen atoms in total. The average Bonchev–Trinajstić information content (AvgIpc) is 2.51. The van der Waals surface area contributed by atoms with Gasteiger partial charge in [0.15, 0.2) is 0 Å².